The Kier molecular flexibility index (Phi) is 6.27. The minimum absolute atomic E-state index is 0.0893. The lowest BCUT2D eigenvalue weighted by molar-refractivity contribution is -0.138. The highest BCUT2D eigenvalue weighted by Gasteiger charge is 2.14. The molecule has 0 saturated heterocycles. The van der Waals surface area contributed by atoms with Gasteiger partial charge in [0.25, 0.3) is 0 Å². The Bertz CT molecular complexity index is 742. The van der Waals surface area contributed by atoms with Gasteiger partial charge in [-0.3, -0.25) is 19.1 Å². The lowest BCUT2D eigenvalue weighted by Gasteiger charge is -2.20. The average molecular weight is 344 g/mol. The van der Waals surface area contributed by atoms with Crippen molar-refractivity contribution in [3.63, 3.8) is 0 Å². The van der Waals surface area contributed by atoms with Crippen molar-refractivity contribution in [2.75, 3.05) is 18.4 Å². The first-order valence-corrected chi connectivity index (χ1v) is 7.78. The van der Waals surface area contributed by atoms with E-state index in [0.717, 1.165) is 5.56 Å². The highest BCUT2D eigenvalue weighted by molar-refractivity contribution is 5.93. The zero-order chi connectivity index (χ0) is 18.2. The number of carbonyl (C=O) groups excluding carboxylic acids is 2. The molecule has 0 fully saturated rings. The minimum Gasteiger partial charge on any atom is -0.480 e. The Labute approximate surface area is 145 Å². The molecule has 2 aromatic rings. The molecule has 0 spiro atoms. The van der Waals surface area contributed by atoms with Gasteiger partial charge in [0.05, 0.1) is 6.54 Å². The summed E-state index contributed by atoms with van der Waals surface area (Å²) in [4.78, 5) is 35.9. The number of carbonyl (C=O) groups is 3. The first-order chi connectivity index (χ1) is 11.9. The molecular weight excluding hydrogens is 324 g/mol. The molecule has 0 unspecified atom stereocenters. The highest BCUT2D eigenvalue weighted by atomic mass is 16.4. The normalized spacial score (nSPS) is 10.3. The van der Waals surface area contributed by atoms with Crippen molar-refractivity contribution >= 4 is 23.6 Å². The summed E-state index contributed by atoms with van der Waals surface area (Å²) in [5, 5.41) is 15.2. The summed E-state index contributed by atoms with van der Waals surface area (Å²) >= 11 is 0. The quantitative estimate of drug-likeness (QED) is 0.743. The van der Waals surface area contributed by atoms with Crippen LogP contribution in [0.3, 0.4) is 0 Å². The predicted molar refractivity (Wildman–Crippen MR) is 90.9 cm³/mol. The van der Waals surface area contributed by atoms with Gasteiger partial charge in [-0.1, -0.05) is 30.3 Å². The fourth-order valence-electron chi connectivity index (χ4n) is 2.27. The molecule has 1 aromatic heterocycles. The van der Waals surface area contributed by atoms with Crippen LogP contribution in [0.4, 0.5) is 5.82 Å². The topological polar surface area (TPSA) is 105 Å². The second-order valence-corrected chi connectivity index (χ2v) is 5.52. The van der Waals surface area contributed by atoms with E-state index in [9.17, 15) is 14.4 Å². The number of amides is 2. The molecule has 25 heavy (non-hydrogen) atoms. The Morgan fingerprint density at radius 2 is 1.92 bits per heavy atom. The van der Waals surface area contributed by atoms with Crippen LogP contribution in [0.5, 0.6) is 0 Å². The van der Waals surface area contributed by atoms with Crippen molar-refractivity contribution in [3.8, 4) is 0 Å². The van der Waals surface area contributed by atoms with Gasteiger partial charge in [-0.25, -0.2) is 0 Å². The summed E-state index contributed by atoms with van der Waals surface area (Å²) in [6, 6.07) is 11.2. The molecule has 0 radical (unpaired) electrons. The average Bonchev–Trinajstić information content (AvgIpc) is 2.98. The molecule has 0 aliphatic heterocycles. The monoisotopic (exact) mass is 344 g/mol. The van der Waals surface area contributed by atoms with Crippen LogP contribution in [0.2, 0.25) is 0 Å². The van der Waals surface area contributed by atoms with Crippen molar-refractivity contribution in [1.29, 1.82) is 0 Å². The van der Waals surface area contributed by atoms with E-state index in [2.05, 4.69) is 10.4 Å². The molecule has 0 aliphatic rings. The number of anilines is 1. The van der Waals surface area contributed by atoms with Gasteiger partial charge in [0.1, 0.15) is 6.54 Å². The van der Waals surface area contributed by atoms with Crippen LogP contribution in [0.1, 0.15) is 12.5 Å². The number of aliphatic carboxylic acids is 1. The Morgan fingerprint density at radius 3 is 2.56 bits per heavy atom. The maximum absolute atomic E-state index is 12.1. The van der Waals surface area contributed by atoms with E-state index in [-0.39, 0.29) is 30.7 Å². The number of aromatic nitrogens is 2. The van der Waals surface area contributed by atoms with Gasteiger partial charge in [-0.15, -0.1) is 0 Å². The summed E-state index contributed by atoms with van der Waals surface area (Å²) in [5.41, 5.74) is 1.08. The number of nitrogens with one attached hydrogen (secondary N) is 1. The van der Waals surface area contributed by atoms with Crippen LogP contribution in [0.25, 0.3) is 0 Å². The number of carboxylic acids is 1. The molecule has 8 heteroatoms. The lowest BCUT2D eigenvalue weighted by atomic mass is 10.1. The number of carboxylic acid groups (broad SMARTS) is 1. The molecule has 1 aromatic carbocycles. The van der Waals surface area contributed by atoms with Crippen LogP contribution in [0, 0.1) is 0 Å². The van der Waals surface area contributed by atoms with Crippen LogP contribution in [-0.4, -0.2) is 50.7 Å². The molecule has 0 bridgehead atoms. The zero-order valence-electron chi connectivity index (χ0n) is 13.9. The SMILES string of the molecule is CC(=O)N(CCc1ccccc1)CC(=O)Nc1ccn(CC(=O)O)n1. The van der Waals surface area contributed by atoms with Gasteiger partial charge < -0.3 is 15.3 Å². The Hall–Kier alpha value is -3.16. The largest absolute Gasteiger partial charge is 0.480 e. The lowest BCUT2D eigenvalue weighted by Crippen LogP contribution is -2.38. The number of benzene rings is 1. The summed E-state index contributed by atoms with van der Waals surface area (Å²) in [6.07, 6.45) is 2.11. The van der Waals surface area contributed by atoms with Crippen LogP contribution < -0.4 is 5.32 Å². The van der Waals surface area contributed by atoms with Gasteiger partial charge >= 0.3 is 5.97 Å². The fraction of sp³-hybridized carbons (Fsp3) is 0.294. The van der Waals surface area contributed by atoms with Gasteiger partial charge in [0.15, 0.2) is 5.82 Å². The minimum atomic E-state index is -1.02. The van der Waals surface area contributed by atoms with Gasteiger partial charge in [0.2, 0.25) is 11.8 Å². The predicted octanol–water partition coefficient (Wildman–Crippen LogP) is 0.997. The maximum atomic E-state index is 12.1. The molecule has 0 atom stereocenters. The molecule has 1 heterocycles. The summed E-state index contributed by atoms with van der Waals surface area (Å²) in [5.74, 6) is -1.35. The highest BCUT2D eigenvalue weighted by Crippen LogP contribution is 2.05. The Balaban J connectivity index is 1.88. The van der Waals surface area contributed by atoms with E-state index < -0.39 is 5.97 Å². The van der Waals surface area contributed by atoms with E-state index in [1.54, 1.807) is 0 Å². The Morgan fingerprint density at radius 1 is 1.20 bits per heavy atom. The van der Waals surface area contributed by atoms with Gasteiger partial charge in [-0.05, 0) is 12.0 Å². The third-order valence-corrected chi connectivity index (χ3v) is 3.50. The molecular formula is C17H20N4O4. The van der Waals surface area contributed by atoms with E-state index in [1.165, 1.54) is 28.8 Å². The van der Waals surface area contributed by atoms with Crippen molar-refractivity contribution in [2.45, 2.75) is 19.9 Å². The first-order valence-electron chi connectivity index (χ1n) is 7.78. The van der Waals surface area contributed by atoms with E-state index >= 15 is 0 Å². The zero-order valence-corrected chi connectivity index (χ0v) is 13.9. The number of hydrogen-bond acceptors (Lipinski definition) is 4. The molecule has 2 amide bonds. The van der Waals surface area contributed by atoms with Crippen molar-refractivity contribution in [2.24, 2.45) is 0 Å². The number of nitrogens with zero attached hydrogens (tertiary/aromatic N) is 3. The van der Waals surface area contributed by atoms with Gasteiger partial charge in [-0.2, -0.15) is 5.10 Å². The summed E-state index contributed by atoms with van der Waals surface area (Å²) < 4.78 is 1.20. The standard InChI is InChI=1S/C17H20N4O4/c1-13(22)20(9-7-14-5-3-2-4-6-14)11-16(23)18-15-8-10-21(19-15)12-17(24)25/h2-6,8,10H,7,9,11-12H2,1H3,(H,24,25)(H,18,19,23). The van der Waals surface area contributed by atoms with Crippen LogP contribution in [-0.2, 0) is 27.3 Å². The van der Waals surface area contributed by atoms with Crippen LogP contribution in [0.15, 0.2) is 42.6 Å². The summed E-state index contributed by atoms with van der Waals surface area (Å²) in [6.45, 7) is 1.47. The number of hydrogen-bond donors (Lipinski definition) is 2. The smallest absolute Gasteiger partial charge is 0.325 e. The molecule has 2 rings (SSSR count). The van der Waals surface area contributed by atoms with Crippen molar-refractivity contribution in [1.82, 2.24) is 14.7 Å². The fourth-order valence-corrected chi connectivity index (χ4v) is 2.27. The van der Waals surface area contributed by atoms with E-state index in [1.807, 2.05) is 30.3 Å². The third-order valence-electron chi connectivity index (χ3n) is 3.50. The van der Waals surface area contributed by atoms with E-state index in [0.29, 0.717) is 13.0 Å². The second-order valence-electron chi connectivity index (χ2n) is 5.52. The molecule has 2 N–H and O–H groups in total. The third kappa shape index (κ3) is 6.09. The van der Waals surface area contributed by atoms with Gasteiger partial charge in [0, 0.05) is 25.7 Å². The maximum Gasteiger partial charge on any atom is 0.325 e. The molecule has 8 nitrogen and oxygen atoms in total. The first kappa shape index (κ1) is 18.2. The van der Waals surface area contributed by atoms with Crippen LogP contribution >= 0.6 is 0 Å². The molecule has 0 aliphatic carbocycles. The summed E-state index contributed by atoms with van der Waals surface area (Å²) in [7, 11) is 0. The molecule has 132 valence electrons. The molecule has 0 saturated carbocycles. The van der Waals surface area contributed by atoms with Crippen molar-refractivity contribution in [3.05, 3.63) is 48.2 Å². The van der Waals surface area contributed by atoms with Crippen molar-refractivity contribution < 1.29 is 19.5 Å². The van der Waals surface area contributed by atoms with E-state index in [4.69, 9.17) is 5.11 Å². The number of rotatable bonds is 8. The second kappa shape index (κ2) is 8.62.